The van der Waals surface area contributed by atoms with Crippen molar-refractivity contribution >= 4 is 11.7 Å². The van der Waals surface area contributed by atoms with Crippen LogP contribution in [-0.2, 0) is 0 Å². The number of benzene rings is 2. The zero-order chi connectivity index (χ0) is 17.9. The fourth-order valence-corrected chi connectivity index (χ4v) is 3.12. The summed E-state index contributed by atoms with van der Waals surface area (Å²) in [6, 6.07) is 15.1. The van der Waals surface area contributed by atoms with E-state index >= 15 is 0 Å². The van der Waals surface area contributed by atoms with Gasteiger partial charge in [0.15, 0.2) is 0 Å². The first-order valence-corrected chi connectivity index (χ1v) is 8.47. The lowest BCUT2D eigenvalue weighted by atomic mass is 9.94. The number of hydrogen-bond donors (Lipinski definition) is 2. The zero-order valence-electron chi connectivity index (χ0n) is 14.3. The molecule has 0 saturated heterocycles. The van der Waals surface area contributed by atoms with Gasteiger partial charge in [-0.2, -0.15) is 0 Å². The van der Waals surface area contributed by atoms with E-state index in [2.05, 4.69) is 20.9 Å². The van der Waals surface area contributed by atoms with Gasteiger partial charge in [0, 0.05) is 23.2 Å². The largest absolute Gasteiger partial charge is 0.493 e. The van der Waals surface area contributed by atoms with E-state index in [0.717, 1.165) is 17.0 Å². The summed E-state index contributed by atoms with van der Waals surface area (Å²) in [7, 11) is 0. The van der Waals surface area contributed by atoms with E-state index in [1.165, 1.54) is 0 Å². The molecule has 26 heavy (non-hydrogen) atoms. The third-order valence-electron chi connectivity index (χ3n) is 4.51. The molecule has 4 rings (SSSR count). The molecule has 0 bridgehead atoms. The quantitative estimate of drug-likeness (QED) is 0.759. The summed E-state index contributed by atoms with van der Waals surface area (Å²) in [5.74, 6) is 1.04. The van der Waals surface area contributed by atoms with E-state index in [4.69, 9.17) is 4.74 Å². The van der Waals surface area contributed by atoms with Gasteiger partial charge in [0.05, 0.1) is 24.7 Å². The van der Waals surface area contributed by atoms with Crippen molar-refractivity contribution in [2.24, 2.45) is 0 Å². The normalized spacial score (nSPS) is 16.4. The lowest BCUT2D eigenvalue weighted by molar-refractivity contribution is 0.244. The van der Waals surface area contributed by atoms with E-state index in [0.29, 0.717) is 12.3 Å². The molecule has 2 heterocycles. The SMILES string of the molecule is C[C@H](NC(=O)Nc1ccc(-n2ccnn2)cc1)[C@H]1COc2ccccc21. The van der Waals surface area contributed by atoms with Crippen molar-refractivity contribution in [3.8, 4) is 11.4 Å². The van der Waals surface area contributed by atoms with E-state index in [-0.39, 0.29) is 18.0 Å². The first-order valence-electron chi connectivity index (χ1n) is 8.47. The number of fused-ring (bicyclic) bond motifs is 1. The highest BCUT2D eigenvalue weighted by Crippen LogP contribution is 2.35. The fourth-order valence-electron chi connectivity index (χ4n) is 3.12. The maximum atomic E-state index is 12.3. The Kier molecular flexibility index (Phi) is 4.27. The highest BCUT2D eigenvalue weighted by molar-refractivity contribution is 5.89. The summed E-state index contributed by atoms with van der Waals surface area (Å²) in [5, 5.41) is 13.6. The standard InChI is InChI=1S/C19H19N5O2/c1-13(17-12-26-18-5-3-2-4-16(17)18)21-19(25)22-14-6-8-15(9-7-14)24-11-10-20-23-24/h2-11,13,17H,12H2,1H3,(H2,21,22,25)/t13-,17+/m0/s1. The minimum absolute atomic E-state index is 0.0481. The molecule has 1 aliphatic heterocycles. The summed E-state index contributed by atoms with van der Waals surface area (Å²) >= 11 is 0. The van der Waals surface area contributed by atoms with Crippen LogP contribution in [0.15, 0.2) is 60.9 Å². The Labute approximate surface area is 151 Å². The molecule has 0 spiro atoms. The van der Waals surface area contributed by atoms with Crippen molar-refractivity contribution in [3.05, 3.63) is 66.5 Å². The Hall–Kier alpha value is -3.35. The van der Waals surface area contributed by atoms with Crippen LogP contribution in [0.3, 0.4) is 0 Å². The van der Waals surface area contributed by atoms with Crippen LogP contribution in [-0.4, -0.2) is 33.7 Å². The summed E-state index contributed by atoms with van der Waals surface area (Å²) in [6.07, 6.45) is 3.38. The van der Waals surface area contributed by atoms with Crippen molar-refractivity contribution in [2.45, 2.75) is 18.9 Å². The molecular weight excluding hydrogens is 330 g/mol. The van der Waals surface area contributed by atoms with Crippen molar-refractivity contribution in [2.75, 3.05) is 11.9 Å². The van der Waals surface area contributed by atoms with E-state index in [1.807, 2.05) is 55.5 Å². The van der Waals surface area contributed by atoms with Crippen molar-refractivity contribution in [1.82, 2.24) is 20.3 Å². The lowest BCUT2D eigenvalue weighted by Crippen LogP contribution is -2.40. The minimum Gasteiger partial charge on any atom is -0.493 e. The summed E-state index contributed by atoms with van der Waals surface area (Å²) < 4.78 is 7.35. The van der Waals surface area contributed by atoms with E-state index < -0.39 is 0 Å². The van der Waals surface area contributed by atoms with Gasteiger partial charge in [-0.25, -0.2) is 9.48 Å². The van der Waals surface area contributed by atoms with Crippen LogP contribution in [0, 0.1) is 0 Å². The second-order valence-corrected chi connectivity index (χ2v) is 6.24. The average molecular weight is 349 g/mol. The van der Waals surface area contributed by atoms with Crippen LogP contribution < -0.4 is 15.4 Å². The van der Waals surface area contributed by atoms with Crippen LogP contribution in [0.4, 0.5) is 10.5 Å². The molecule has 0 fully saturated rings. The van der Waals surface area contributed by atoms with E-state index in [1.54, 1.807) is 17.1 Å². The van der Waals surface area contributed by atoms with Gasteiger partial charge in [0.1, 0.15) is 5.75 Å². The summed E-state index contributed by atoms with van der Waals surface area (Å²) in [6.45, 7) is 2.57. The first-order chi connectivity index (χ1) is 12.7. The van der Waals surface area contributed by atoms with Gasteiger partial charge in [-0.3, -0.25) is 0 Å². The number of carbonyl (C=O) groups is 1. The van der Waals surface area contributed by atoms with Gasteiger partial charge in [0.25, 0.3) is 0 Å². The number of anilines is 1. The molecule has 0 radical (unpaired) electrons. The number of ether oxygens (including phenoxy) is 1. The summed E-state index contributed by atoms with van der Waals surface area (Å²) in [5.41, 5.74) is 2.72. The van der Waals surface area contributed by atoms with Gasteiger partial charge in [-0.1, -0.05) is 23.4 Å². The molecule has 3 aromatic rings. The maximum absolute atomic E-state index is 12.3. The highest BCUT2D eigenvalue weighted by atomic mass is 16.5. The van der Waals surface area contributed by atoms with Crippen LogP contribution in [0.25, 0.3) is 5.69 Å². The molecule has 2 amide bonds. The molecule has 7 nitrogen and oxygen atoms in total. The van der Waals surface area contributed by atoms with Crippen LogP contribution in [0.5, 0.6) is 5.75 Å². The monoisotopic (exact) mass is 349 g/mol. The number of para-hydroxylation sites is 1. The first kappa shape index (κ1) is 16.1. The Morgan fingerprint density at radius 2 is 2.04 bits per heavy atom. The molecule has 0 saturated carbocycles. The lowest BCUT2D eigenvalue weighted by Gasteiger charge is -2.20. The number of hydrogen-bond acceptors (Lipinski definition) is 4. The van der Waals surface area contributed by atoms with Gasteiger partial charge < -0.3 is 15.4 Å². The third-order valence-corrected chi connectivity index (χ3v) is 4.51. The smallest absolute Gasteiger partial charge is 0.319 e. The molecule has 0 aliphatic carbocycles. The van der Waals surface area contributed by atoms with E-state index in [9.17, 15) is 4.79 Å². The number of carbonyl (C=O) groups excluding carboxylic acids is 1. The molecular formula is C19H19N5O2. The number of aromatic nitrogens is 3. The Balaban J connectivity index is 1.37. The average Bonchev–Trinajstić information content (AvgIpc) is 3.32. The molecule has 2 aromatic carbocycles. The predicted octanol–water partition coefficient (Wildman–Crippen LogP) is 2.95. The molecule has 0 unspecified atom stereocenters. The molecule has 7 heteroatoms. The van der Waals surface area contributed by atoms with Crippen LogP contribution in [0.2, 0.25) is 0 Å². The number of amides is 2. The van der Waals surface area contributed by atoms with Crippen LogP contribution >= 0.6 is 0 Å². The van der Waals surface area contributed by atoms with Crippen molar-refractivity contribution < 1.29 is 9.53 Å². The Bertz CT molecular complexity index is 893. The Morgan fingerprint density at radius 1 is 1.23 bits per heavy atom. The number of urea groups is 1. The topological polar surface area (TPSA) is 81.1 Å². The number of rotatable bonds is 4. The Morgan fingerprint density at radius 3 is 2.81 bits per heavy atom. The molecule has 1 aromatic heterocycles. The number of nitrogens with one attached hydrogen (secondary N) is 2. The van der Waals surface area contributed by atoms with Gasteiger partial charge >= 0.3 is 6.03 Å². The predicted molar refractivity (Wildman–Crippen MR) is 97.7 cm³/mol. The van der Waals surface area contributed by atoms with Crippen LogP contribution in [0.1, 0.15) is 18.4 Å². The minimum atomic E-state index is -0.240. The van der Waals surface area contributed by atoms with Crippen molar-refractivity contribution in [1.29, 1.82) is 0 Å². The fraction of sp³-hybridized carbons (Fsp3) is 0.211. The molecule has 132 valence electrons. The molecule has 1 aliphatic rings. The van der Waals surface area contributed by atoms with Gasteiger partial charge in [-0.05, 0) is 37.3 Å². The maximum Gasteiger partial charge on any atom is 0.319 e. The highest BCUT2D eigenvalue weighted by Gasteiger charge is 2.29. The second-order valence-electron chi connectivity index (χ2n) is 6.24. The summed E-state index contributed by atoms with van der Waals surface area (Å²) in [4.78, 5) is 12.3. The molecule has 2 atom stereocenters. The van der Waals surface area contributed by atoms with Gasteiger partial charge in [0.2, 0.25) is 0 Å². The third kappa shape index (κ3) is 3.23. The number of nitrogens with zero attached hydrogens (tertiary/aromatic N) is 3. The zero-order valence-corrected chi connectivity index (χ0v) is 14.3. The molecule has 2 N–H and O–H groups in total. The second kappa shape index (κ2) is 6.87. The van der Waals surface area contributed by atoms with Gasteiger partial charge in [-0.15, -0.1) is 5.10 Å². The van der Waals surface area contributed by atoms with Crippen molar-refractivity contribution in [3.63, 3.8) is 0 Å².